The van der Waals surface area contributed by atoms with Crippen molar-refractivity contribution in [2.75, 3.05) is 0 Å². The minimum atomic E-state index is 1.05. The largest absolute Gasteiger partial charge is 0.256 e. The van der Waals surface area contributed by atoms with E-state index < -0.39 is 0 Å². The van der Waals surface area contributed by atoms with E-state index in [9.17, 15) is 0 Å². The van der Waals surface area contributed by atoms with Crippen LogP contribution in [0.5, 0.6) is 0 Å². The molecule has 9 aromatic rings. The monoisotopic (exact) mass is 537 g/mol. The Labute approximate surface area is 240 Å². The number of benzene rings is 7. The summed E-state index contributed by atoms with van der Waals surface area (Å²) in [6.07, 6.45) is 1.87. The molecular weight excluding hydrogens is 515 g/mol. The van der Waals surface area contributed by atoms with Crippen LogP contribution >= 0.6 is 11.3 Å². The summed E-state index contributed by atoms with van der Waals surface area (Å²) in [6.45, 7) is 0. The van der Waals surface area contributed by atoms with E-state index in [4.69, 9.17) is 0 Å². The van der Waals surface area contributed by atoms with E-state index in [2.05, 4.69) is 132 Å². The summed E-state index contributed by atoms with van der Waals surface area (Å²) in [5, 5.41) is 11.6. The highest BCUT2D eigenvalue weighted by atomic mass is 32.1. The normalized spacial score (nSPS) is 11.9. The molecule has 0 radical (unpaired) electrons. The second kappa shape index (κ2) is 8.72. The summed E-state index contributed by atoms with van der Waals surface area (Å²) < 4.78 is 2.61. The maximum Gasteiger partial charge on any atom is 0.0716 e. The van der Waals surface area contributed by atoms with Gasteiger partial charge in [-0.3, -0.25) is 4.98 Å². The molecule has 7 aromatic carbocycles. The van der Waals surface area contributed by atoms with Gasteiger partial charge in [-0.25, -0.2) is 0 Å². The van der Waals surface area contributed by atoms with Gasteiger partial charge in [-0.15, -0.1) is 11.3 Å². The van der Waals surface area contributed by atoms with Crippen molar-refractivity contribution in [1.29, 1.82) is 0 Å². The van der Waals surface area contributed by atoms with Crippen LogP contribution in [0.1, 0.15) is 0 Å². The molecule has 0 unspecified atom stereocenters. The fraction of sp³-hybridized carbons (Fsp3) is 0. The maximum atomic E-state index is 4.59. The van der Waals surface area contributed by atoms with Gasteiger partial charge < -0.3 is 0 Å². The minimum Gasteiger partial charge on any atom is -0.256 e. The zero-order valence-corrected chi connectivity index (χ0v) is 23.0. The van der Waals surface area contributed by atoms with Crippen molar-refractivity contribution in [3.63, 3.8) is 0 Å². The molecule has 0 saturated heterocycles. The lowest BCUT2D eigenvalue weighted by atomic mass is 9.91. The van der Waals surface area contributed by atoms with Crippen LogP contribution in [0.3, 0.4) is 0 Å². The van der Waals surface area contributed by atoms with Crippen LogP contribution in [0.4, 0.5) is 0 Å². The number of pyridine rings is 1. The predicted octanol–water partition coefficient (Wildman–Crippen LogP) is 11.4. The van der Waals surface area contributed by atoms with E-state index in [1.807, 2.05) is 23.6 Å². The topological polar surface area (TPSA) is 12.9 Å². The highest BCUT2D eigenvalue weighted by molar-refractivity contribution is 7.26. The van der Waals surface area contributed by atoms with E-state index in [0.717, 1.165) is 5.52 Å². The Bertz CT molecular complexity index is 2450. The molecule has 0 aliphatic rings. The van der Waals surface area contributed by atoms with Crippen LogP contribution in [0, 0.1) is 0 Å². The van der Waals surface area contributed by atoms with Gasteiger partial charge in [0.1, 0.15) is 0 Å². The summed E-state index contributed by atoms with van der Waals surface area (Å²) in [5.74, 6) is 0. The Balaban J connectivity index is 1.24. The van der Waals surface area contributed by atoms with Gasteiger partial charge in [0.25, 0.3) is 0 Å². The lowest BCUT2D eigenvalue weighted by Crippen LogP contribution is -1.86. The zero-order valence-electron chi connectivity index (χ0n) is 22.1. The third kappa shape index (κ3) is 3.45. The highest BCUT2D eigenvalue weighted by Gasteiger charge is 2.13. The summed E-state index contributed by atoms with van der Waals surface area (Å²) in [7, 11) is 0. The number of hydrogen-bond donors (Lipinski definition) is 0. The molecular formula is C39H23NS. The molecule has 1 nitrogen and oxygen atoms in total. The summed E-state index contributed by atoms with van der Waals surface area (Å²) >= 11 is 1.86. The Morgan fingerprint density at radius 1 is 0.415 bits per heavy atom. The van der Waals surface area contributed by atoms with Gasteiger partial charge in [-0.05, 0) is 84.9 Å². The van der Waals surface area contributed by atoms with E-state index in [0.29, 0.717) is 0 Å². The molecule has 0 fully saturated rings. The lowest BCUT2D eigenvalue weighted by Gasteiger charge is -2.12. The smallest absolute Gasteiger partial charge is 0.0716 e. The molecule has 9 rings (SSSR count). The lowest BCUT2D eigenvalue weighted by molar-refractivity contribution is 1.42. The number of fused-ring (bicyclic) bond motifs is 10. The molecule has 0 aliphatic heterocycles. The van der Waals surface area contributed by atoms with E-state index >= 15 is 0 Å². The molecule has 0 aliphatic carbocycles. The van der Waals surface area contributed by atoms with Crippen molar-refractivity contribution >= 4 is 74.7 Å². The van der Waals surface area contributed by atoms with Gasteiger partial charge >= 0.3 is 0 Å². The average Bonchev–Trinajstić information content (AvgIpc) is 3.41. The van der Waals surface area contributed by atoms with Crippen LogP contribution in [0.15, 0.2) is 140 Å². The fourth-order valence-electron chi connectivity index (χ4n) is 6.55. The van der Waals surface area contributed by atoms with Crippen LogP contribution in [-0.4, -0.2) is 4.98 Å². The van der Waals surface area contributed by atoms with Crippen LogP contribution in [-0.2, 0) is 0 Å². The molecule has 0 spiro atoms. The van der Waals surface area contributed by atoms with Crippen LogP contribution < -0.4 is 0 Å². The van der Waals surface area contributed by atoms with E-state index in [-0.39, 0.29) is 0 Å². The number of rotatable bonds is 2. The van der Waals surface area contributed by atoms with Gasteiger partial charge in [-0.1, -0.05) is 103 Å². The Hall–Kier alpha value is -5.05. The summed E-state index contributed by atoms with van der Waals surface area (Å²) in [4.78, 5) is 4.59. The third-order valence-corrected chi connectivity index (χ3v) is 9.67. The third-order valence-electron chi connectivity index (χ3n) is 8.47. The second-order valence-corrected chi connectivity index (χ2v) is 11.8. The van der Waals surface area contributed by atoms with Gasteiger partial charge in [-0.2, -0.15) is 0 Å². The minimum absolute atomic E-state index is 1.05. The first-order valence-electron chi connectivity index (χ1n) is 14.0. The summed E-state index contributed by atoms with van der Waals surface area (Å²) in [6, 6.07) is 48.9. The molecule has 2 aromatic heterocycles. The zero-order chi connectivity index (χ0) is 26.9. The van der Waals surface area contributed by atoms with Crippen molar-refractivity contribution in [3.05, 3.63) is 140 Å². The number of aromatic nitrogens is 1. The van der Waals surface area contributed by atoms with E-state index in [1.165, 1.54) is 80.1 Å². The van der Waals surface area contributed by atoms with Crippen molar-refractivity contribution in [2.24, 2.45) is 0 Å². The molecule has 2 heteroatoms. The number of nitrogens with zero attached hydrogens (tertiary/aromatic N) is 1. The Morgan fingerprint density at radius 2 is 1.07 bits per heavy atom. The van der Waals surface area contributed by atoms with Gasteiger partial charge in [0.2, 0.25) is 0 Å². The van der Waals surface area contributed by atoms with Crippen LogP contribution in [0.2, 0.25) is 0 Å². The fourth-order valence-corrected chi connectivity index (χ4v) is 7.80. The predicted molar refractivity (Wildman–Crippen MR) is 178 cm³/mol. The Morgan fingerprint density at radius 3 is 1.88 bits per heavy atom. The quantitative estimate of drug-likeness (QED) is 0.200. The highest BCUT2D eigenvalue weighted by Crippen LogP contribution is 2.42. The van der Waals surface area contributed by atoms with Crippen LogP contribution in [0.25, 0.3) is 85.6 Å². The maximum absolute atomic E-state index is 4.59. The van der Waals surface area contributed by atoms with Crippen molar-refractivity contribution in [2.45, 2.75) is 0 Å². The molecule has 190 valence electrons. The van der Waals surface area contributed by atoms with Gasteiger partial charge in [0.05, 0.1) is 5.52 Å². The van der Waals surface area contributed by atoms with Crippen molar-refractivity contribution in [1.82, 2.24) is 4.98 Å². The first-order valence-corrected chi connectivity index (χ1v) is 14.8. The van der Waals surface area contributed by atoms with Gasteiger partial charge in [0, 0.05) is 31.8 Å². The summed E-state index contributed by atoms with van der Waals surface area (Å²) in [5.41, 5.74) is 6.03. The standard InChI is InChI=1S/C39H23NS/c1-2-13-31-29(11-1)30-12-3-4-14-32(30)35-21-25(17-18-33(31)35)24-8-5-9-26(20-24)28-15-6-16-34-36-22-27-10-7-19-40-37(27)23-38(36)41-39(28)34/h1-23H. The first kappa shape index (κ1) is 22.7. The molecule has 0 N–H and O–H groups in total. The average molecular weight is 538 g/mol. The molecule has 0 bridgehead atoms. The molecule has 41 heavy (non-hydrogen) atoms. The number of hydrogen-bond acceptors (Lipinski definition) is 2. The first-order chi connectivity index (χ1) is 20.3. The second-order valence-electron chi connectivity index (χ2n) is 10.8. The number of thiophene rings is 1. The van der Waals surface area contributed by atoms with Crippen molar-refractivity contribution in [3.8, 4) is 22.3 Å². The molecule has 2 heterocycles. The van der Waals surface area contributed by atoms with Crippen molar-refractivity contribution < 1.29 is 0 Å². The van der Waals surface area contributed by atoms with E-state index in [1.54, 1.807) is 0 Å². The Kier molecular flexibility index (Phi) is 4.84. The molecule has 0 saturated carbocycles. The molecule has 0 amide bonds. The SMILES string of the molecule is c1cc(-c2ccc3c4ccccc4c4ccccc4c3c2)cc(-c2cccc3c2sc2cc4ncccc4cc23)c1. The molecule has 0 atom stereocenters. The van der Waals surface area contributed by atoms with Gasteiger partial charge in [0.15, 0.2) is 0 Å².